The SMILES string of the molecule is CC1(C)c2ccccc2N(c2ccccc2)c2cc3c(cc21)c1ccccc1n3-c1cc(C#N)c(-c2nc(-c3ccccc3)nc(-c3ccccc3)n2)cc1C#N. The van der Waals surface area contributed by atoms with Gasteiger partial charge in [-0.3, -0.25) is 0 Å². The normalized spacial score (nSPS) is 12.8. The molecule has 0 radical (unpaired) electrons. The molecule has 7 nitrogen and oxygen atoms in total. The Balaban J connectivity index is 1.23. The second-order valence-corrected chi connectivity index (χ2v) is 14.7. The highest BCUT2D eigenvalue weighted by atomic mass is 15.2. The van der Waals surface area contributed by atoms with Gasteiger partial charge >= 0.3 is 0 Å². The van der Waals surface area contributed by atoms with Crippen LogP contribution in [0.2, 0.25) is 0 Å². The lowest BCUT2D eigenvalue weighted by Crippen LogP contribution is -2.30. The highest BCUT2D eigenvalue weighted by Crippen LogP contribution is 2.53. The van der Waals surface area contributed by atoms with Crippen LogP contribution in [0.1, 0.15) is 36.1 Å². The molecule has 0 unspecified atom stereocenters. The molecule has 10 rings (SSSR count). The molecule has 7 aromatic carbocycles. The number of aromatic nitrogens is 4. The van der Waals surface area contributed by atoms with Crippen LogP contribution in [0.4, 0.5) is 17.1 Å². The van der Waals surface area contributed by atoms with Gasteiger partial charge in [0.05, 0.1) is 45.3 Å². The summed E-state index contributed by atoms with van der Waals surface area (Å²) in [4.78, 5) is 17.0. The number of rotatable bonds is 5. The Morgan fingerprint density at radius 2 is 1.05 bits per heavy atom. The Morgan fingerprint density at radius 1 is 0.474 bits per heavy atom. The minimum Gasteiger partial charge on any atom is -0.310 e. The summed E-state index contributed by atoms with van der Waals surface area (Å²) in [6, 6.07) is 59.8. The first-order valence-electron chi connectivity index (χ1n) is 18.8. The second-order valence-electron chi connectivity index (χ2n) is 14.7. The van der Waals surface area contributed by atoms with Crippen LogP contribution in [0.25, 0.3) is 61.7 Å². The molecule has 0 aliphatic carbocycles. The molecular formula is C50H33N7. The van der Waals surface area contributed by atoms with E-state index in [-0.39, 0.29) is 5.41 Å². The zero-order valence-corrected chi connectivity index (χ0v) is 31.2. The van der Waals surface area contributed by atoms with Crippen LogP contribution >= 0.6 is 0 Å². The standard InChI is InChI=1S/C50H33N7/c1-50(2)40-23-13-15-25-43(40)56(36-20-10-5-11-21-36)46-29-45-39(28-41(46)50)37-22-12-14-24-42(37)57(45)44-27-34(30-51)38(26-35(44)31-52)49-54-47(32-16-6-3-7-17-32)53-48(55-49)33-18-8-4-9-19-33/h3-29H,1-2H3. The van der Waals surface area contributed by atoms with Gasteiger partial charge in [-0.2, -0.15) is 10.5 Å². The van der Waals surface area contributed by atoms with Gasteiger partial charge < -0.3 is 9.47 Å². The van der Waals surface area contributed by atoms with Gasteiger partial charge in [0.25, 0.3) is 0 Å². The fourth-order valence-electron chi connectivity index (χ4n) is 8.35. The Bertz CT molecular complexity index is 3060. The van der Waals surface area contributed by atoms with E-state index in [0.717, 1.165) is 50.0 Å². The van der Waals surface area contributed by atoms with Crippen LogP contribution in [0.3, 0.4) is 0 Å². The number of benzene rings is 7. The fraction of sp³-hybridized carbons (Fsp3) is 0.0600. The summed E-state index contributed by atoms with van der Waals surface area (Å²) in [5, 5.41) is 23.8. The van der Waals surface area contributed by atoms with E-state index in [0.29, 0.717) is 39.9 Å². The topological polar surface area (TPSA) is 94.4 Å². The Hall–Kier alpha value is -7.87. The molecule has 0 atom stereocenters. The number of nitrogens with zero attached hydrogens (tertiary/aromatic N) is 7. The Kier molecular flexibility index (Phi) is 7.78. The predicted octanol–water partition coefficient (Wildman–Crippen LogP) is 11.8. The highest BCUT2D eigenvalue weighted by molar-refractivity contribution is 6.11. The Morgan fingerprint density at radius 3 is 1.72 bits per heavy atom. The van der Waals surface area contributed by atoms with E-state index in [1.54, 1.807) is 6.07 Å². The summed E-state index contributed by atoms with van der Waals surface area (Å²) in [6.45, 7) is 4.58. The molecule has 1 aliphatic heterocycles. The van der Waals surface area contributed by atoms with Gasteiger partial charge in [0, 0.05) is 38.6 Å². The number of hydrogen-bond acceptors (Lipinski definition) is 6. The monoisotopic (exact) mass is 731 g/mol. The average molecular weight is 732 g/mol. The van der Waals surface area contributed by atoms with Gasteiger partial charge in [0.2, 0.25) is 0 Å². The van der Waals surface area contributed by atoms with E-state index >= 15 is 0 Å². The van der Waals surface area contributed by atoms with Crippen molar-refractivity contribution in [3.05, 3.63) is 186 Å². The molecule has 2 aromatic heterocycles. The first-order chi connectivity index (χ1) is 27.9. The number of nitriles is 2. The summed E-state index contributed by atoms with van der Waals surface area (Å²) >= 11 is 0. The van der Waals surface area contributed by atoms with Crippen LogP contribution in [-0.2, 0) is 5.41 Å². The lowest BCUT2D eigenvalue weighted by Gasteiger charge is -2.42. The van der Waals surface area contributed by atoms with Crippen molar-refractivity contribution in [2.24, 2.45) is 0 Å². The molecule has 1 aliphatic rings. The summed E-state index contributed by atoms with van der Waals surface area (Å²) in [5.41, 5.74) is 10.7. The molecule has 0 amide bonds. The lowest BCUT2D eigenvalue weighted by atomic mass is 9.73. The van der Waals surface area contributed by atoms with Crippen molar-refractivity contribution in [2.45, 2.75) is 19.3 Å². The van der Waals surface area contributed by atoms with E-state index < -0.39 is 0 Å². The number of fused-ring (bicyclic) bond motifs is 5. The van der Waals surface area contributed by atoms with E-state index in [2.05, 4.69) is 108 Å². The number of anilines is 3. The van der Waals surface area contributed by atoms with Gasteiger partial charge in [-0.25, -0.2) is 15.0 Å². The molecule has 0 fully saturated rings. The fourth-order valence-corrected chi connectivity index (χ4v) is 8.35. The van der Waals surface area contributed by atoms with Crippen molar-refractivity contribution in [3.63, 3.8) is 0 Å². The van der Waals surface area contributed by atoms with Crippen molar-refractivity contribution < 1.29 is 0 Å². The van der Waals surface area contributed by atoms with Crippen LogP contribution in [0.15, 0.2) is 164 Å². The quantitative estimate of drug-likeness (QED) is 0.175. The average Bonchev–Trinajstić information content (AvgIpc) is 3.59. The molecule has 0 N–H and O–H groups in total. The summed E-state index contributed by atoms with van der Waals surface area (Å²) in [6.07, 6.45) is 0. The van der Waals surface area contributed by atoms with Crippen LogP contribution < -0.4 is 4.90 Å². The zero-order chi connectivity index (χ0) is 38.7. The third-order valence-corrected chi connectivity index (χ3v) is 11.1. The van der Waals surface area contributed by atoms with Crippen molar-refractivity contribution in [1.29, 1.82) is 10.5 Å². The van der Waals surface area contributed by atoms with E-state index in [9.17, 15) is 10.5 Å². The molecule has 268 valence electrons. The molecular weight excluding hydrogens is 699 g/mol. The third-order valence-electron chi connectivity index (χ3n) is 11.1. The van der Waals surface area contributed by atoms with Gasteiger partial charge in [-0.1, -0.05) is 129 Å². The van der Waals surface area contributed by atoms with Crippen LogP contribution in [0, 0.1) is 22.7 Å². The maximum atomic E-state index is 10.9. The molecule has 0 saturated carbocycles. The summed E-state index contributed by atoms with van der Waals surface area (Å²) < 4.78 is 2.13. The Labute approximate surface area is 330 Å². The first-order valence-corrected chi connectivity index (χ1v) is 18.8. The van der Waals surface area contributed by atoms with Gasteiger partial charge in [-0.15, -0.1) is 0 Å². The summed E-state index contributed by atoms with van der Waals surface area (Å²) in [5.74, 6) is 1.27. The minimum absolute atomic E-state index is 0.302. The van der Waals surface area contributed by atoms with Crippen molar-refractivity contribution in [3.8, 4) is 52.0 Å². The maximum absolute atomic E-state index is 10.9. The van der Waals surface area contributed by atoms with Crippen LogP contribution in [0.5, 0.6) is 0 Å². The maximum Gasteiger partial charge on any atom is 0.165 e. The van der Waals surface area contributed by atoms with E-state index in [4.69, 9.17) is 15.0 Å². The molecule has 0 bridgehead atoms. The van der Waals surface area contributed by atoms with E-state index in [1.165, 1.54) is 11.1 Å². The van der Waals surface area contributed by atoms with Gasteiger partial charge in [-0.05, 0) is 59.7 Å². The second kappa shape index (κ2) is 13.2. The van der Waals surface area contributed by atoms with Crippen molar-refractivity contribution in [1.82, 2.24) is 19.5 Å². The van der Waals surface area contributed by atoms with Crippen molar-refractivity contribution >= 4 is 38.9 Å². The molecule has 9 aromatic rings. The molecule has 57 heavy (non-hydrogen) atoms. The number of para-hydroxylation sites is 3. The third kappa shape index (κ3) is 5.37. The molecule has 0 spiro atoms. The minimum atomic E-state index is -0.302. The van der Waals surface area contributed by atoms with Gasteiger partial charge in [0.15, 0.2) is 17.5 Å². The van der Waals surface area contributed by atoms with Crippen molar-refractivity contribution in [2.75, 3.05) is 4.90 Å². The molecule has 7 heteroatoms. The smallest absolute Gasteiger partial charge is 0.165 e. The van der Waals surface area contributed by atoms with Crippen LogP contribution in [-0.4, -0.2) is 19.5 Å². The molecule has 3 heterocycles. The first kappa shape index (κ1) is 33.7. The largest absolute Gasteiger partial charge is 0.310 e. The highest BCUT2D eigenvalue weighted by Gasteiger charge is 2.38. The van der Waals surface area contributed by atoms with E-state index in [1.807, 2.05) is 84.9 Å². The predicted molar refractivity (Wildman–Crippen MR) is 227 cm³/mol. The number of hydrogen-bond donors (Lipinski definition) is 0. The summed E-state index contributed by atoms with van der Waals surface area (Å²) in [7, 11) is 0. The van der Waals surface area contributed by atoms with Gasteiger partial charge in [0.1, 0.15) is 6.07 Å². The molecule has 0 saturated heterocycles. The lowest BCUT2D eigenvalue weighted by molar-refractivity contribution is 0.633. The zero-order valence-electron chi connectivity index (χ0n) is 31.2.